The van der Waals surface area contributed by atoms with E-state index in [0.29, 0.717) is 35.5 Å². The van der Waals surface area contributed by atoms with Crippen molar-refractivity contribution in [3.63, 3.8) is 0 Å². The van der Waals surface area contributed by atoms with E-state index < -0.39 is 12.0 Å². The molecule has 0 radical (unpaired) electrons. The third-order valence-electron chi connectivity index (χ3n) is 6.13. The minimum atomic E-state index is -0.808. The molecule has 0 saturated heterocycles. The van der Waals surface area contributed by atoms with E-state index in [1.54, 1.807) is 26.2 Å². The van der Waals surface area contributed by atoms with Crippen molar-refractivity contribution in [1.29, 1.82) is 0 Å². The van der Waals surface area contributed by atoms with Crippen LogP contribution in [-0.4, -0.2) is 29.4 Å². The molecule has 3 aromatic carbocycles. The molecule has 198 valence electrons. The zero-order chi connectivity index (χ0) is 27.7. The van der Waals surface area contributed by atoms with Gasteiger partial charge in [-0.1, -0.05) is 53.8 Å². The van der Waals surface area contributed by atoms with Gasteiger partial charge in [-0.15, -0.1) is 0 Å². The molecule has 2 heterocycles. The van der Waals surface area contributed by atoms with Gasteiger partial charge < -0.3 is 14.6 Å². The lowest BCUT2D eigenvalue weighted by Gasteiger charge is -2.26. The lowest BCUT2D eigenvalue weighted by atomic mass is 9.93. The number of rotatable bonds is 6. The number of esters is 1. The lowest BCUT2D eigenvalue weighted by Crippen LogP contribution is -2.40. The number of phenolic OH excluding ortho intramolecular Hbond substituents is 1. The van der Waals surface area contributed by atoms with Gasteiger partial charge in [0.1, 0.15) is 11.5 Å². The van der Waals surface area contributed by atoms with E-state index in [1.807, 2.05) is 60.7 Å². The number of carbonyl (C=O) groups is 1. The second-order valence-electron chi connectivity index (χ2n) is 8.53. The van der Waals surface area contributed by atoms with E-state index in [4.69, 9.17) is 14.5 Å². The van der Waals surface area contributed by atoms with Gasteiger partial charge >= 0.3 is 5.97 Å². The molecule has 39 heavy (non-hydrogen) atoms. The molecule has 1 aliphatic heterocycles. The Bertz CT molecular complexity index is 1790. The Labute approximate surface area is 255 Å². The summed E-state index contributed by atoms with van der Waals surface area (Å²) in [5, 5.41) is 10.7. The van der Waals surface area contributed by atoms with Crippen molar-refractivity contribution in [1.82, 2.24) is 4.57 Å². The number of hydrogen-bond acceptors (Lipinski definition) is 7. The minimum Gasteiger partial charge on any atom is -0.506 e. The number of aromatic nitrogens is 1. The van der Waals surface area contributed by atoms with E-state index in [0.717, 1.165) is 9.13 Å². The first kappa shape index (κ1) is 27.6. The van der Waals surface area contributed by atoms with Crippen LogP contribution in [0.2, 0.25) is 0 Å². The average molecular weight is 764 g/mol. The summed E-state index contributed by atoms with van der Waals surface area (Å²) in [6, 6.07) is 19.5. The highest BCUT2D eigenvalue weighted by Gasteiger charge is 2.35. The number of benzene rings is 3. The largest absolute Gasteiger partial charge is 0.506 e. The Balaban J connectivity index is 1.86. The van der Waals surface area contributed by atoms with E-state index in [1.165, 1.54) is 15.9 Å². The molecule has 5 rings (SSSR count). The molecule has 4 aromatic rings. The number of halogens is 2. The van der Waals surface area contributed by atoms with Crippen molar-refractivity contribution in [3.8, 4) is 11.5 Å². The van der Waals surface area contributed by atoms with Crippen LogP contribution in [0.25, 0.3) is 11.8 Å². The van der Waals surface area contributed by atoms with Crippen molar-refractivity contribution < 1.29 is 19.4 Å². The third kappa shape index (κ3) is 5.41. The van der Waals surface area contributed by atoms with Gasteiger partial charge in [0.2, 0.25) is 0 Å². The number of hydrogen-bond donors (Lipinski definition) is 1. The molecule has 0 amide bonds. The number of ether oxygens (including phenoxy) is 2. The van der Waals surface area contributed by atoms with E-state index in [-0.39, 0.29) is 23.5 Å². The van der Waals surface area contributed by atoms with Gasteiger partial charge in [0.25, 0.3) is 5.56 Å². The Morgan fingerprint density at radius 3 is 2.62 bits per heavy atom. The maximum atomic E-state index is 14.0. The first-order valence-corrected chi connectivity index (χ1v) is 14.9. The second-order valence-corrected chi connectivity index (χ2v) is 12.0. The summed E-state index contributed by atoms with van der Waals surface area (Å²) in [4.78, 5) is 32.8. The molecule has 0 bridgehead atoms. The van der Waals surface area contributed by atoms with Crippen molar-refractivity contribution >= 4 is 74.3 Å². The van der Waals surface area contributed by atoms with Crippen LogP contribution in [0.3, 0.4) is 0 Å². The van der Waals surface area contributed by atoms with Gasteiger partial charge in [-0.3, -0.25) is 9.36 Å². The topological polar surface area (TPSA) is 90.1 Å². The predicted molar refractivity (Wildman–Crippen MR) is 168 cm³/mol. The summed E-state index contributed by atoms with van der Waals surface area (Å²) in [7, 11) is 1.57. The van der Waals surface area contributed by atoms with E-state index in [2.05, 4.69) is 45.2 Å². The van der Waals surface area contributed by atoms with Gasteiger partial charge in [-0.05, 0) is 88.0 Å². The summed E-state index contributed by atoms with van der Waals surface area (Å²) in [5.41, 5.74) is 2.33. The highest BCUT2D eigenvalue weighted by molar-refractivity contribution is 14.1. The molecule has 10 heteroatoms. The van der Waals surface area contributed by atoms with Crippen molar-refractivity contribution in [2.45, 2.75) is 13.0 Å². The van der Waals surface area contributed by atoms with E-state index in [9.17, 15) is 14.7 Å². The number of fused-ring (bicyclic) bond motifs is 1. The molecule has 1 aliphatic rings. The van der Waals surface area contributed by atoms with Crippen molar-refractivity contribution in [3.05, 3.63) is 116 Å². The Kier molecular flexibility index (Phi) is 8.24. The van der Waals surface area contributed by atoms with Crippen LogP contribution in [0, 0.1) is 7.14 Å². The van der Waals surface area contributed by atoms with Gasteiger partial charge in [0.05, 0.1) is 39.1 Å². The maximum absolute atomic E-state index is 14.0. The number of carbonyl (C=O) groups excluding carboxylic acids is 1. The predicted octanol–water partition coefficient (Wildman–Crippen LogP) is 4.86. The fourth-order valence-corrected chi connectivity index (χ4v) is 7.29. The number of nitrogens with zero attached hydrogens (tertiary/aromatic N) is 2. The fourth-order valence-electron chi connectivity index (χ4n) is 4.40. The number of methoxy groups -OCH3 is 1. The smallest absolute Gasteiger partial charge is 0.338 e. The molecule has 7 nitrogen and oxygen atoms in total. The normalized spacial score (nSPS) is 15.1. The molecule has 0 saturated carbocycles. The maximum Gasteiger partial charge on any atom is 0.338 e. The monoisotopic (exact) mass is 764 g/mol. The van der Waals surface area contributed by atoms with Crippen LogP contribution in [0.4, 0.5) is 0 Å². The Hall–Kier alpha value is -2.97. The van der Waals surface area contributed by atoms with Crippen LogP contribution >= 0.6 is 56.5 Å². The van der Waals surface area contributed by atoms with Gasteiger partial charge in [0, 0.05) is 14.7 Å². The summed E-state index contributed by atoms with van der Waals surface area (Å²) in [5.74, 6) is 0.143. The second kappa shape index (κ2) is 11.6. The molecular weight excluding hydrogens is 742 g/mol. The standard InChI is InChI=1S/C29H22I2N2O5S/c1-3-38-28(36)23-24(16-8-5-4-6-9-16)32-29-33(25(23)17-10-7-11-20(13-17)37-2)27(35)22(39-29)14-18-12-19(30)15-21(31)26(18)34/h4-15,25,34H,3H2,1-2H3/b22-14-/t25-/m0/s1. The molecule has 0 unspecified atom stereocenters. The van der Waals surface area contributed by atoms with Crippen molar-refractivity contribution in [2.24, 2.45) is 4.99 Å². The number of aromatic hydroxyl groups is 1. The molecular formula is C29H22I2N2O5S. The fraction of sp³-hybridized carbons (Fsp3) is 0.138. The first-order chi connectivity index (χ1) is 18.8. The van der Waals surface area contributed by atoms with Crippen LogP contribution in [0.15, 0.2) is 82.1 Å². The van der Waals surface area contributed by atoms with Crippen LogP contribution in [0.1, 0.15) is 29.7 Å². The third-order valence-corrected chi connectivity index (χ3v) is 8.56. The Morgan fingerprint density at radius 2 is 1.90 bits per heavy atom. The molecule has 0 aliphatic carbocycles. The quantitative estimate of drug-likeness (QED) is 0.224. The van der Waals surface area contributed by atoms with Gasteiger partial charge in [-0.25, -0.2) is 9.79 Å². The molecule has 0 spiro atoms. The van der Waals surface area contributed by atoms with E-state index >= 15 is 0 Å². The van der Waals surface area contributed by atoms with Crippen molar-refractivity contribution in [2.75, 3.05) is 13.7 Å². The summed E-state index contributed by atoms with van der Waals surface area (Å²) >= 11 is 5.45. The SMILES string of the molecule is CCOC(=O)C1=C(c2ccccc2)N=c2s/c(=C\c3cc(I)cc(I)c3O)c(=O)n2[C@H]1c1cccc(OC)c1. The summed E-state index contributed by atoms with van der Waals surface area (Å²) in [6.45, 7) is 1.91. The van der Waals surface area contributed by atoms with Gasteiger partial charge in [-0.2, -0.15) is 0 Å². The molecule has 1 aromatic heterocycles. The minimum absolute atomic E-state index is 0.100. The lowest BCUT2D eigenvalue weighted by molar-refractivity contribution is -0.138. The highest BCUT2D eigenvalue weighted by Crippen LogP contribution is 2.36. The zero-order valence-electron chi connectivity index (χ0n) is 20.9. The molecule has 0 fully saturated rings. The molecule has 1 N–H and O–H groups in total. The summed E-state index contributed by atoms with van der Waals surface area (Å²) in [6.07, 6.45) is 1.67. The van der Waals surface area contributed by atoms with Crippen LogP contribution in [-0.2, 0) is 9.53 Å². The zero-order valence-corrected chi connectivity index (χ0v) is 26.0. The van der Waals surface area contributed by atoms with Crippen LogP contribution in [0.5, 0.6) is 11.5 Å². The molecule has 1 atom stereocenters. The number of thiazole rings is 1. The first-order valence-electron chi connectivity index (χ1n) is 11.9. The van der Waals surface area contributed by atoms with Gasteiger partial charge in [0.15, 0.2) is 4.80 Å². The highest BCUT2D eigenvalue weighted by atomic mass is 127. The Morgan fingerprint density at radius 1 is 1.13 bits per heavy atom. The van der Waals surface area contributed by atoms with Crippen LogP contribution < -0.4 is 19.6 Å². The number of phenols is 1. The average Bonchev–Trinajstić information content (AvgIpc) is 3.25. The summed E-state index contributed by atoms with van der Waals surface area (Å²) < 4.78 is 14.5.